The Morgan fingerprint density at radius 2 is 0.592 bits per heavy atom. The molecule has 0 aliphatic rings. The van der Waals surface area contributed by atoms with Gasteiger partial charge < -0.3 is 27.0 Å². The standard InChI is InChI=1S/C68H35N5O3/c69-36-51-59(38-16-2-1-3-17-38)60(71-53-24-10-4-18-39(53)45-30-33-48-42-21-7-13-27-56(42)74-66(48)63(45)71)52(37-70)62(73-55-26-12-6-20-41(55)47-32-35-50-44-23-9-15-29-58(44)76-68(50)65(47)73)61(51)72-54-25-11-5-19-40(54)46-31-34-49-43-22-8-14-28-57(43)75-67(49)64(46)72/h1-35H. The van der Waals surface area contributed by atoms with Gasteiger partial charge in [-0.3, -0.25) is 0 Å². The molecule has 0 amide bonds. The van der Waals surface area contributed by atoms with Crippen LogP contribution in [-0.4, -0.2) is 13.7 Å². The maximum atomic E-state index is 12.8. The monoisotopic (exact) mass is 969 g/mol. The number of fused-ring (bicyclic) bond motifs is 21. The summed E-state index contributed by atoms with van der Waals surface area (Å²) in [6.07, 6.45) is 0. The van der Waals surface area contributed by atoms with Crippen LogP contribution in [0, 0.1) is 22.7 Å². The van der Waals surface area contributed by atoms with Crippen molar-refractivity contribution in [1.82, 2.24) is 13.7 Å². The molecule has 0 unspecified atom stereocenters. The quantitative estimate of drug-likeness (QED) is 0.175. The average Bonchev–Trinajstić information content (AvgIpc) is 4.50. The number of aromatic nitrogens is 3. The molecule has 17 aromatic rings. The van der Waals surface area contributed by atoms with Crippen molar-refractivity contribution in [2.45, 2.75) is 0 Å². The molecule has 0 aliphatic carbocycles. The molecule has 0 aliphatic heterocycles. The van der Waals surface area contributed by atoms with Crippen LogP contribution in [0.3, 0.4) is 0 Å². The van der Waals surface area contributed by atoms with E-state index in [9.17, 15) is 10.5 Å². The second kappa shape index (κ2) is 14.9. The van der Waals surface area contributed by atoms with Crippen molar-refractivity contribution in [2.24, 2.45) is 0 Å². The maximum absolute atomic E-state index is 12.8. The lowest BCUT2D eigenvalue weighted by Gasteiger charge is -2.26. The summed E-state index contributed by atoms with van der Waals surface area (Å²) in [4.78, 5) is 0. The van der Waals surface area contributed by atoms with Gasteiger partial charge >= 0.3 is 0 Å². The van der Waals surface area contributed by atoms with Gasteiger partial charge in [0.15, 0.2) is 16.7 Å². The second-order valence-corrected chi connectivity index (χ2v) is 19.6. The number of hydrogen-bond acceptors (Lipinski definition) is 5. The Kier molecular flexibility index (Phi) is 7.99. The molecule has 0 saturated carbocycles. The molecule has 350 valence electrons. The fourth-order valence-corrected chi connectivity index (χ4v) is 12.9. The Bertz CT molecular complexity index is 5510. The summed E-state index contributed by atoms with van der Waals surface area (Å²) >= 11 is 0. The van der Waals surface area contributed by atoms with Crippen LogP contribution in [-0.2, 0) is 0 Å². The fourth-order valence-electron chi connectivity index (χ4n) is 12.9. The molecule has 11 aromatic carbocycles. The maximum Gasteiger partial charge on any atom is 0.160 e. The van der Waals surface area contributed by atoms with Crippen LogP contribution >= 0.6 is 0 Å². The zero-order chi connectivity index (χ0) is 49.9. The van der Waals surface area contributed by atoms with E-state index in [1.807, 2.05) is 121 Å². The van der Waals surface area contributed by atoms with Gasteiger partial charge in [0.1, 0.15) is 34.5 Å². The molecule has 0 N–H and O–H groups in total. The van der Waals surface area contributed by atoms with Crippen molar-refractivity contribution < 1.29 is 13.3 Å². The highest BCUT2D eigenvalue weighted by Gasteiger charge is 2.35. The zero-order valence-electron chi connectivity index (χ0n) is 40.2. The van der Waals surface area contributed by atoms with E-state index in [4.69, 9.17) is 13.3 Å². The molecule has 0 radical (unpaired) electrons. The fraction of sp³-hybridized carbons (Fsp3) is 0. The Labute approximate surface area is 430 Å². The lowest BCUT2D eigenvalue weighted by Crippen LogP contribution is -2.14. The number of furan rings is 3. The van der Waals surface area contributed by atoms with Crippen LogP contribution in [0.25, 0.3) is 159 Å². The summed E-state index contributed by atoms with van der Waals surface area (Å²) < 4.78 is 27.6. The van der Waals surface area contributed by atoms with Crippen molar-refractivity contribution >= 4 is 131 Å². The summed E-state index contributed by atoms with van der Waals surface area (Å²) in [6.45, 7) is 0. The Morgan fingerprint density at radius 3 is 0.987 bits per heavy atom. The smallest absolute Gasteiger partial charge is 0.160 e. The SMILES string of the molecule is N#Cc1c(-c2ccccc2)c(-n2c3ccccc3c3ccc4c5ccccc5oc4c32)c(C#N)c(-n2c3ccccc3c3ccc4c5ccccc5oc4c32)c1-n1c2ccccc2c2ccc3c4ccccc4oc3c21. The van der Waals surface area contributed by atoms with Gasteiger partial charge in [0.2, 0.25) is 0 Å². The summed E-state index contributed by atoms with van der Waals surface area (Å²) in [5, 5.41) is 36.8. The van der Waals surface area contributed by atoms with Gasteiger partial charge in [0.25, 0.3) is 0 Å². The average molecular weight is 970 g/mol. The van der Waals surface area contributed by atoms with Crippen molar-refractivity contribution in [1.29, 1.82) is 10.5 Å². The van der Waals surface area contributed by atoms with Crippen LogP contribution in [0.15, 0.2) is 226 Å². The number of para-hydroxylation sites is 6. The van der Waals surface area contributed by atoms with Crippen LogP contribution < -0.4 is 0 Å². The molecule has 6 heterocycles. The van der Waals surface area contributed by atoms with Crippen LogP contribution in [0.4, 0.5) is 0 Å². The third-order valence-electron chi connectivity index (χ3n) is 15.9. The molecule has 0 saturated heterocycles. The van der Waals surface area contributed by atoms with Crippen molar-refractivity contribution in [3.05, 3.63) is 223 Å². The normalized spacial score (nSPS) is 12.2. The number of nitriles is 2. The molecule has 76 heavy (non-hydrogen) atoms. The van der Waals surface area contributed by atoms with Crippen LogP contribution in [0.5, 0.6) is 0 Å². The van der Waals surface area contributed by atoms with E-state index in [1.165, 1.54) is 0 Å². The van der Waals surface area contributed by atoms with Gasteiger partial charge in [-0.25, -0.2) is 0 Å². The van der Waals surface area contributed by atoms with E-state index >= 15 is 0 Å². The van der Waals surface area contributed by atoms with E-state index in [2.05, 4.69) is 117 Å². The summed E-state index contributed by atoms with van der Waals surface area (Å²) in [5.41, 5.74) is 12.7. The minimum atomic E-state index is 0.335. The summed E-state index contributed by atoms with van der Waals surface area (Å²) in [7, 11) is 0. The van der Waals surface area contributed by atoms with Crippen molar-refractivity contribution in [2.75, 3.05) is 0 Å². The first kappa shape index (κ1) is 40.8. The lowest BCUT2D eigenvalue weighted by atomic mass is 9.91. The lowest BCUT2D eigenvalue weighted by molar-refractivity contribution is 0.670. The van der Waals surface area contributed by atoms with Gasteiger partial charge in [0.05, 0.1) is 55.7 Å². The van der Waals surface area contributed by atoms with Gasteiger partial charge in [-0.1, -0.05) is 158 Å². The number of rotatable bonds is 4. The predicted molar refractivity (Wildman–Crippen MR) is 306 cm³/mol. The minimum Gasteiger partial charge on any atom is -0.454 e. The van der Waals surface area contributed by atoms with E-state index < -0.39 is 0 Å². The Balaban J connectivity index is 1.19. The Morgan fingerprint density at radius 1 is 0.276 bits per heavy atom. The molecule has 17 rings (SSSR count). The van der Waals surface area contributed by atoms with Crippen LogP contribution in [0.1, 0.15) is 11.1 Å². The largest absolute Gasteiger partial charge is 0.454 e. The van der Waals surface area contributed by atoms with Crippen LogP contribution in [0.2, 0.25) is 0 Å². The topological polar surface area (TPSA) is 102 Å². The summed E-state index contributed by atoms with van der Waals surface area (Å²) in [6, 6.07) is 78.0. The van der Waals surface area contributed by atoms with E-state index in [-0.39, 0.29) is 0 Å². The van der Waals surface area contributed by atoms with E-state index in [1.54, 1.807) is 0 Å². The number of nitrogens with zero attached hydrogens (tertiary/aromatic N) is 5. The number of benzene rings is 11. The number of hydrogen-bond donors (Lipinski definition) is 0. The second-order valence-electron chi connectivity index (χ2n) is 19.6. The van der Waals surface area contributed by atoms with Gasteiger partial charge in [-0.2, -0.15) is 10.5 Å². The van der Waals surface area contributed by atoms with Gasteiger partial charge in [-0.05, 0) is 60.2 Å². The van der Waals surface area contributed by atoms with Gasteiger partial charge in [-0.15, -0.1) is 0 Å². The molecule has 6 aromatic heterocycles. The van der Waals surface area contributed by atoms with Crippen molar-refractivity contribution in [3.8, 4) is 40.3 Å². The highest BCUT2D eigenvalue weighted by molar-refractivity contribution is 6.26. The molecule has 0 atom stereocenters. The molecule has 0 spiro atoms. The van der Waals surface area contributed by atoms with Crippen molar-refractivity contribution in [3.63, 3.8) is 0 Å². The summed E-state index contributed by atoms with van der Waals surface area (Å²) in [5.74, 6) is 0. The molecule has 0 bridgehead atoms. The molecule has 0 fully saturated rings. The Hall–Kier alpha value is -10.8. The highest BCUT2D eigenvalue weighted by Crippen LogP contribution is 2.52. The highest BCUT2D eigenvalue weighted by atomic mass is 16.3. The van der Waals surface area contributed by atoms with E-state index in [0.717, 1.165) is 120 Å². The first-order chi connectivity index (χ1) is 37.7. The third-order valence-corrected chi connectivity index (χ3v) is 15.9. The first-order valence-corrected chi connectivity index (χ1v) is 25.3. The molecule has 8 heteroatoms. The van der Waals surface area contributed by atoms with E-state index in [0.29, 0.717) is 50.5 Å². The minimum absolute atomic E-state index is 0.335. The molecule has 8 nitrogen and oxygen atoms in total. The third kappa shape index (κ3) is 5.14. The van der Waals surface area contributed by atoms with Gasteiger partial charge in [0, 0.05) is 70.2 Å². The molecular weight excluding hydrogens is 935 g/mol. The zero-order valence-corrected chi connectivity index (χ0v) is 40.2. The molecular formula is C68H35N5O3. The first-order valence-electron chi connectivity index (χ1n) is 25.3. The predicted octanol–water partition coefficient (Wildman–Crippen LogP) is 18.1.